The molecule has 3 rings (SSSR count). The lowest BCUT2D eigenvalue weighted by Gasteiger charge is -2.07. The Bertz CT molecular complexity index is 556. The summed E-state index contributed by atoms with van der Waals surface area (Å²) in [5.41, 5.74) is 2.29. The van der Waals surface area contributed by atoms with Gasteiger partial charge < -0.3 is 0 Å². The number of benzene rings is 1. The Morgan fingerprint density at radius 3 is 2.81 bits per heavy atom. The standard InChI is InChI=1S/C14H13NS/c15-8-10-5-6-12-13(9-16-14(12)7-10)11-3-1-2-4-11/h5-7,9,11H,1-4H2. The predicted octanol–water partition coefficient (Wildman–Crippen LogP) is 4.43. The Morgan fingerprint density at radius 2 is 2.06 bits per heavy atom. The number of thiophene rings is 1. The highest BCUT2D eigenvalue weighted by Gasteiger charge is 2.19. The fourth-order valence-corrected chi connectivity index (χ4v) is 3.75. The van der Waals surface area contributed by atoms with Gasteiger partial charge in [0.25, 0.3) is 0 Å². The molecule has 0 radical (unpaired) electrons. The lowest BCUT2D eigenvalue weighted by Crippen LogP contribution is -1.89. The summed E-state index contributed by atoms with van der Waals surface area (Å²) < 4.78 is 1.26. The second-order valence-corrected chi connectivity index (χ2v) is 5.41. The molecule has 1 heterocycles. The fraction of sp³-hybridized carbons (Fsp3) is 0.357. The average Bonchev–Trinajstić information content (AvgIpc) is 2.96. The Balaban J connectivity index is 2.10. The molecule has 1 aliphatic rings. The van der Waals surface area contributed by atoms with Crippen molar-refractivity contribution in [2.75, 3.05) is 0 Å². The van der Waals surface area contributed by atoms with Gasteiger partial charge in [-0.2, -0.15) is 5.26 Å². The van der Waals surface area contributed by atoms with Crippen LogP contribution in [0.1, 0.15) is 42.7 Å². The largest absolute Gasteiger partial charge is 0.192 e. The van der Waals surface area contributed by atoms with Crippen LogP contribution in [0.15, 0.2) is 23.6 Å². The molecule has 1 saturated carbocycles. The van der Waals surface area contributed by atoms with Crippen molar-refractivity contribution in [3.63, 3.8) is 0 Å². The molecule has 80 valence electrons. The van der Waals surface area contributed by atoms with Gasteiger partial charge in [0.15, 0.2) is 0 Å². The number of nitriles is 1. The third kappa shape index (κ3) is 1.52. The maximum Gasteiger partial charge on any atom is 0.0992 e. The molecule has 2 aromatic rings. The van der Waals surface area contributed by atoms with Crippen molar-refractivity contribution < 1.29 is 0 Å². The first-order valence-corrected chi connectivity index (χ1v) is 6.67. The van der Waals surface area contributed by atoms with Gasteiger partial charge in [0.1, 0.15) is 0 Å². The summed E-state index contributed by atoms with van der Waals surface area (Å²) in [6.07, 6.45) is 5.42. The lowest BCUT2D eigenvalue weighted by molar-refractivity contribution is 0.732. The van der Waals surface area contributed by atoms with Crippen LogP contribution in [0.4, 0.5) is 0 Å². The number of nitrogens with zero attached hydrogens (tertiary/aromatic N) is 1. The van der Waals surface area contributed by atoms with E-state index in [2.05, 4.69) is 17.5 Å². The van der Waals surface area contributed by atoms with E-state index in [4.69, 9.17) is 5.26 Å². The molecule has 0 atom stereocenters. The number of fused-ring (bicyclic) bond motifs is 1. The second-order valence-electron chi connectivity index (χ2n) is 4.50. The summed E-state index contributed by atoms with van der Waals surface area (Å²) in [6, 6.07) is 8.28. The molecule has 1 aromatic carbocycles. The smallest absolute Gasteiger partial charge is 0.0992 e. The molecule has 0 unspecified atom stereocenters. The van der Waals surface area contributed by atoms with Crippen LogP contribution in [-0.2, 0) is 0 Å². The molecule has 0 saturated heterocycles. The van der Waals surface area contributed by atoms with Crippen molar-refractivity contribution in [2.45, 2.75) is 31.6 Å². The van der Waals surface area contributed by atoms with E-state index in [1.165, 1.54) is 41.3 Å². The zero-order valence-electron chi connectivity index (χ0n) is 9.07. The van der Waals surface area contributed by atoms with Crippen LogP contribution < -0.4 is 0 Å². The molecule has 0 aliphatic heterocycles. The molecule has 1 fully saturated rings. The van der Waals surface area contributed by atoms with Crippen molar-refractivity contribution in [3.05, 3.63) is 34.7 Å². The summed E-state index contributed by atoms with van der Waals surface area (Å²) in [7, 11) is 0. The molecule has 1 aliphatic carbocycles. The van der Waals surface area contributed by atoms with Crippen LogP contribution in [-0.4, -0.2) is 0 Å². The fourth-order valence-electron chi connectivity index (χ4n) is 2.67. The van der Waals surface area contributed by atoms with Gasteiger partial charge in [0, 0.05) is 4.70 Å². The van der Waals surface area contributed by atoms with Crippen molar-refractivity contribution >= 4 is 21.4 Å². The highest BCUT2D eigenvalue weighted by molar-refractivity contribution is 7.17. The van der Waals surface area contributed by atoms with Gasteiger partial charge >= 0.3 is 0 Å². The molecular formula is C14H13NS. The van der Waals surface area contributed by atoms with Gasteiger partial charge in [0.2, 0.25) is 0 Å². The molecule has 0 spiro atoms. The van der Waals surface area contributed by atoms with Crippen LogP contribution in [0.5, 0.6) is 0 Å². The van der Waals surface area contributed by atoms with Gasteiger partial charge in [-0.15, -0.1) is 11.3 Å². The monoisotopic (exact) mass is 227 g/mol. The van der Waals surface area contributed by atoms with E-state index in [1.54, 1.807) is 11.3 Å². The van der Waals surface area contributed by atoms with E-state index in [1.807, 2.05) is 12.1 Å². The van der Waals surface area contributed by atoms with Gasteiger partial charge in [0.05, 0.1) is 11.6 Å². The van der Waals surface area contributed by atoms with E-state index in [0.717, 1.165) is 11.5 Å². The van der Waals surface area contributed by atoms with Crippen LogP contribution in [0.25, 0.3) is 10.1 Å². The van der Waals surface area contributed by atoms with E-state index in [9.17, 15) is 0 Å². The zero-order valence-corrected chi connectivity index (χ0v) is 9.89. The van der Waals surface area contributed by atoms with Gasteiger partial charge in [-0.05, 0) is 47.2 Å². The summed E-state index contributed by atoms with van der Waals surface area (Å²) in [4.78, 5) is 0. The maximum atomic E-state index is 8.87. The zero-order chi connectivity index (χ0) is 11.0. The summed E-state index contributed by atoms with van der Waals surface area (Å²) in [5, 5.41) is 12.5. The molecular weight excluding hydrogens is 214 g/mol. The van der Waals surface area contributed by atoms with Crippen LogP contribution >= 0.6 is 11.3 Å². The summed E-state index contributed by atoms with van der Waals surface area (Å²) in [5.74, 6) is 0.765. The Hall–Kier alpha value is -1.33. The Kier molecular flexibility index (Phi) is 2.41. The molecule has 0 N–H and O–H groups in total. The van der Waals surface area contributed by atoms with Crippen molar-refractivity contribution in [1.82, 2.24) is 0 Å². The Morgan fingerprint density at radius 1 is 1.25 bits per heavy atom. The molecule has 0 amide bonds. The van der Waals surface area contributed by atoms with E-state index < -0.39 is 0 Å². The first kappa shape index (κ1) is 9.86. The molecule has 1 nitrogen and oxygen atoms in total. The minimum absolute atomic E-state index is 0.765. The van der Waals surface area contributed by atoms with Crippen molar-refractivity contribution in [3.8, 4) is 6.07 Å². The van der Waals surface area contributed by atoms with Crippen molar-refractivity contribution in [1.29, 1.82) is 5.26 Å². The second kappa shape index (κ2) is 3.92. The third-order valence-electron chi connectivity index (χ3n) is 3.53. The average molecular weight is 227 g/mol. The Labute approximate surface area is 99.3 Å². The minimum atomic E-state index is 0.765. The van der Waals surface area contributed by atoms with Crippen LogP contribution in [0.2, 0.25) is 0 Å². The molecule has 16 heavy (non-hydrogen) atoms. The van der Waals surface area contributed by atoms with Crippen LogP contribution in [0, 0.1) is 11.3 Å². The summed E-state index contributed by atoms with van der Waals surface area (Å²) in [6.45, 7) is 0. The first-order valence-electron chi connectivity index (χ1n) is 5.80. The number of hydrogen-bond donors (Lipinski definition) is 0. The summed E-state index contributed by atoms with van der Waals surface area (Å²) >= 11 is 1.78. The number of rotatable bonds is 1. The quantitative estimate of drug-likeness (QED) is 0.707. The molecule has 1 aromatic heterocycles. The van der Waals surface area contributed by atoms with E-state index >= 15 is 0 Å². The molecule has 0 bridgehead atoms. The highest BCUT2D eigenvalue weighted by Crippen LogP contribution is 2.40. The lowest BCUT2D eigenvalue weighted by atomic mass is 9.97. The third-order valence-corrected chi connectivity index (χ3v) is 4.49. The van der Waals surface area contributed by atoms with Gasteiger partial charge in [-0.3, -0.25) is 0 Å². The predicted molar refractivity (Wildman–Crippen MR) is 67.7 cm³/mol. The van der Waals surface area contributed by atoms with Crippen molar-refractivity contribution in [2.24, 2.45) is 0 Å². The van der Waals surface area contributed by atoms with Gasteiger partial charge in [-0.25, -0.2) is 0 Å². The SMILES string of the molecule is N#Cc1ccc2c(C3CCCC3)csc2c1. The maximum absolute atomic E-state index is 8.87. The molecule has 2 heteroatoms. The first-order chi connectivity index (χ1) is 7.88. The van der Waals surface area contributed by atoms with E-state index in [-0.39, 0.29) is 0 Å². The minimum Gasteiger partial charge on any atom is -0.192 e. The number of hydrogen-bond acceptors (Lipinski definition) is 2. The van der Waals surface area contributed by atoms with E-state index in [0.29, 0.717) is 0 Å². The topological polar surface area (TPSA) is 23.8 Å². The normalized spacial score (nSPS) is 16.7. The van der Waals surface area contributed by atoms with Crippen LogP contribution in [0.3, 0.4) is 0 Å². The van der Waals surface area contributed by atoms with Gasteiger partial charge in [-0.1, -0.05) is 18.9 Å². The highest BCUT2D eigenvalue weighted by atomic mass is 32.1.